The van der Waals surface area contributed by atoms with E-state index in [1.165, 1.54) is 38.5 Å². The Balaban J connectivity index is 1.96. The zero-order chi connectivity index (χ0) is 13.4. The topological polar surface area (TPSA) is 50.4 Å². The fraction of sp³-hybridized carbons (Fsp3) is 0.929. The molecule has 1 saturated carbocycles. The molecule has 4 heteroatoms. The quantitative estimate of drug-likeness (QED) is 0.585. The highest BCUT2D eigenvalue weighted by Crippen LogP contribution is 2.26. The number of nitrogens with one attached hydrogen (secondary N) is 2. The highest BCUT2D eigenvalue weighted by atomic mass is 16.6. The van der Waals surface area contributed by atoms with Crippen molar-refractivity contribution >= 4 is 6.09 Å². The third-order valence-corrected chi connectivity index (χ3v) is 3.23. The summed E-state index contributed by atoms with van der Waals surface area (Å²) in [6, 6.07) is 0. The third kappa shape index (κ3) is 7.54. The van der Waals surface area contributed by atoms with E-state index in [0.717, 1.165) is 18.9 Å². The van der Waals surface area contributed by atoms with Crippen molar-refractivity contribution in [2.45, 2.75) is 71.3 Å². The number of hydrogen-bond donors (Lipinski definition) is 2. The van der Waals surface area contributed by atoms with Crippen molar-refractivity contribution in [1.82, 2.24) is 10.9 Å². The molecule has 0 unspecified atom stereocenters. The molecule has 1 aliphatic carbocycles. The molecule has 0 saturated heterocycles. The first-order valence-corrected chi connectivity index (χ1v) is 7.19. The maximum atomic E-state index is 11.3. The van der Waals surface area contributed by atoms with Crippen molar-refractivity contribution in [2.24, 2.45) is 5.92 Å². The molecule has 106 valence electrons. The van der Waals surface area contributed by atoms with Gasteiger partial charge in [0.1, 0.15) is 5.60 Å². The minimum absolute atomic E-state index is 0.403. The summed E-state index contributed by atoms with van der Waals surface area (Å²) in [5.74, 6) is 0.905. The first kappa shape index (κ1) is 15.3. The maximum Gasteiger partial charge on any atom is 0.422 e. The van der Waals surface area contributed by atoms with Gasteiger partial charge in [-0.2, -0.15) is 0 Å². The van der Waals surface area contributed by atoms with Gasteiger partial charge in [0.2, 0.25) is 0 Å². The van der Waals surface area contributed by atoms with Gasteiger partial charge in [-0.1, -0.05) is 32.1 Å². The van der Waals surface area contributed by atoms with Crippen LogP contribution in [-0.2, 0) is 4.74 Å². The van der Waals surface area contributed by atoms with Crippen LogP contribution in [0.4, 0.5) is 4.79 Å². The van der Waals surface area contributed by atoms with E-state index in [1.807, 2.05) is 20.8 Å². The van der Waals surface area contributed by atoms with Gasteiger partial charge in [-0.25, -0.2) is 10.2 Å². The molecule has 0 heterocycles. The van der Waals surface area contributed by atoms with Gasteiger partial charge >= 0.3 is 6.09 Å². The second-order valence-corrected chi connectivity index (χ2v) is 6.20. The summed E-state index contributed by atoms with van der Waals surface area (Å²) >= 11 is 0. The van der Waals surface area contributed by atoms with Crippen LogP contribution in [0.1, 0.15) is 65.7 Å². The van der Waals surface area contributed by atoms with Crippen LogP contribution >= 0.6 is 0 Å². The van der Waals surface area contributed by atoms with Crippen molar-refractivity contribution < 1.29 is 9.53 Å². The molecular weight excluding hydrogens is 228 g/mol. The summed E-state index contributed by atoms with van der Waals surface area (Å²) in [4.78, 5) is 11.3. The molecular formula is C14H28N2O2. The summed E-state index contributed by atoms with van der Waals surface area (Å²) in [6.45, 7) is 6.39. The van der Waals surface area contributed by atoms with Gasteiger partial charge in [-0.3, -0.25) is 5.43 Å². The van der Waals surface area contributed by atoms with Gasteiger partial charge in [0, 0.05) is 6.54 Å². The van der Waals surface area contributed by atoms with Crippen LogP contribution in [-0.4, -0.2) is 18.2 Å². The summed E-state index contributed by atoms with van der Waals surface area (Å²) in [5, 5.41) is 0. The Hall–Kier alpha value is -0.770. The standard InChI is InChI=1S/C14H28N2O2/c1-14(2,3)18-13(17)16-15-11-7-10-12-8-5-4-6-9-12/h12,15H,4-11H2,1-3H3,(H,16,17). The number of rotatable bonds is 5. The Bertz CT molecular complexity index is 243. The molecule has 2 N–H and O–H groups in total. The monoisotopic (exact) mass is 256 g/mol. The third-order valence-electron chi connectivity index (χ3n) is 3.23. The Labute approximate surface area is 111 Å². The van der Waals surface area contributed by atoms with E-state index >= 15 is 0 Å². The molecule has 0 aliphatic heterocycles. The number of hydrogen-bond acceptors (Lipinski definition) is 3. The molecule has 0 aromatic rings. The molecule has 0 aromatic carbocycles. The number of ether oxygens (including phenoxy) is 1. The van der Waals surface area contributed by atoms with Crippen LogP contribution in [0.5, 0.6) is 0 Å². The fourth-order valence-corrected chi connectivity index (χ4v) is 2.39. The second-order valence-electron chi connectivity index (χ2n) is 6.20. The van der Waals surface area contributed by atoms with Gasteiger partial charge in [-0.05, 0) is 39.5 Å². The fourth-order valence-electron chi connectivity index (χ4n) is 2.39. The molecule has 0 atom stereocenters. The lowest BCUT2D eigenvalue weighted by Gasteiger charge is -2.22. The van der Waals surface area contributed by atoms with Gasteiger partial charge in [0.05, 0.1) is 0 Å². The number of amides is 1. The van der Waals surface area contributed by atoms with Crippen molar-refractivity contribution in [1.29, 1.82) is 0 Å². The Morgan fingerprint density at radius 2 is 1.89 bits per heavy atom. The van der Waals surface area contributed by atoms with Crippen molar-refractivity contribution in [3.8, 4) is 0 Å². The van der Waals surface area contributed by atoms with E-state index in [9.17, 15) is 4.79 Å². The van der Waals surface area contributed by atoms with E-state index < -0.39 is 11.7 Å². The van der Waals surface area contributed by atoms with E-state index in [4.69, 9.17) is 4.74 Å². The summed E-state index contributed by atoms with van der Waals surface area (Å²) in [7, 11) is 0. The predicted molar refractivity (Wildman–Crippen MR) is 73.2 cm³/mol. The lowest BCUT2D eigenvalue weighted by molar-refractivity contribution is 0.0498. The summed E-state index contributed by atoms with van der Waals surface area (Å²) in [5.41, 5.74) is 5.05. The van der Waals surface area contributed by atoms with Gasteiger partial charge in [0.15, 0.2) is 0 Å². The second kappa shape index (κ2) is 7.62. The van der Waals surface area contributed by atoms with Gasteiger partial charge in [-0.15, -0.1) is 0 Å². The molecule has 1 fully saturated rings. The van der Waals surface area contributed by atoms with Crippen molar-refractivity contribution in [2.75, 3.05) is 6.54 Å². The highest BCUT2D eigenvalue weighted by molar-refractivity contribution is 5.66. The smallest absolute Gasteiger partial charge is 0.422 e. The van der Waals surface area contributed by atoms with Crippen LogP contribution in [0, 0.1) is 5.92 Å². The molecule has 0 spiro atoms. The number of hydrazine groups is 1. The zero-order valence-corrected chi connectivity index (χ0v) is 12.1. The van der Waals surface area contributed by atoms with E-state index in [1.54, 1.807) is 0 Å². The zero-order valence-electron chi connectivity index (χ0n) is 12.1. The first-order chi connectivity index (χ1) is 8.47. The van der Waals surface area contributed by atoms with Gasteiger partial charge in [0.25, 0.3) is 0 Å². The minimum atomic E-state index is -0.437. The average Bonchev–Trinajstić information content (AvgIpc) is 2.27. The molecule has 0 aromatic heterocycles. The van der Waals surface area contributed by atoms with Crippen LogP contribution in [0.15, 0.2) is 0 Å². The van der Waals surface area contributed by atoms with Gasteiger partial charge < -0.3 is 4.74 Å². The minimum Gasteiger partial charge on any atom is -0.443 e. The Kier molecular flexibility index (Phi) is 6.47. The molecule has 18 heavy (non-hydrogen) atoms. The van der Waals surface area contributed by atoms with E-state index in [0.29, 0.717) is 0 Å². The molecule has 0 radical (unpaired) electrons. The van der Waals surface area contributed by atoms with Crippen molar-refractivity contribution in [3.05, 3.63) is 0 Å². The summed E-state index contributed by atoms with van der Waals surface area (Å²) in [6.07, 6.45) is 8.96. The van der Waals surface area contributed by atoms with Crippen LogP contribution < -0.4 is 10.9 Å². The number of carbonyl (C=O) groups is 1. The SMILES string of the molecule is CC(C)(C)OC(=O)NNCCCC1CCCCC1. The molecule has 4 nitrogen and oxygen atoms in total. The number of carbonyl (C=O) groups excluding carboxylic acids is 1. The Morgan fingerprint density at radius 3 is 2.50 bits per heavy atom. The molecule has 0 bridgehead atoms. The Morgan fingerprint density at radius 1 is 1.22 bits per heavy atom. The average molecular weight is 256 g/mol. The molecule has 1 rings (SSSR count). The molecule has 1 aliphatic rings. The lowest BCUT2D eigenvalue weighted by Crippen LogP contribution is -2.41. The van der Waals surface area contributed by atoms with E-state index in [-0.39, 0.29) is 0 Å². The predicted octanol–water partition coefficient (Wildman–Crippen LogP) is 3.38. The van der Waals surface area contributed by atoms with Crippen LogP contribution in [0.2, 0.25) is 0 Å². The van der Waals surface area contributed by atoms with Crippen molar-refractivity contribution in [3.63, 3.8) is 0 Å². The van der Waals surface area contributed by atoms with E-state index in [2.05, 4.69) is 10.9 Å². The van der Waals surface area contributed by atoms with Crippen LogP contribution in [0.3, 0.4) is 0 Å². The molecule has 1 amide bonds. The first-order valence-electron chi connectivity index (χ1n) is 7.19. The normalized spacial score (nSPS) is 17.5. The van der Waals surface area contributed by atoms with Crippen LogP contribution in [0.25, 0.3) is 0 Å². The summed E-state index contributed by atoms with van der Waals surface area (Å²) < 4.78 is 5.12. The maximum absolute atomic E-state index is 11.3. The largest absolute Gasteiger partial charge is 0.443 e. The highest BCUT2D eigenvalue weighted by Gasteiger charge is 2.15. The lowest BCUT2D eigenvalue weighted by atomic mass is 9.86.